The van der Waals surface area contributed by atoms with Crippen LogP contribution in [0.25, 0.3) is 0 Å². The van der Waals surface area contributed by atoms with Crippen molar-refractivity contribution in [2.45, 2.75) is 33.1 Å². The standard InChI is InChI=1S/C23H26N2O/c1-23(2)11-10-22-19(17-23)7-9-20(24-22)8-6-18-4-3-5-21(16-18)25-12-14-26-15-13-25/h3-5,7,9,16H,10-15,17H2,1-2H3. The lowest BCUT2D eigenvalue weighted by Crippen LogP contribution is -2.36. The summed E-state index contributed by atoms with van der Waals surface area (Å²) >= 11 is 0. The Hall–Kier alpha value is -2.31. The lowest BCUT2D eigenvalue weighted by atomic mass is 9.76. The molecule has 3 heteroatoms. The highest BCUT2D eigenvalue weighted by Gasteiger charge is 2.25. The highest BCUT2D eigenvalue weighted by molar-refractivity contribution is 5.53. The zero-order valence-corrected chi connectivity index (χ0v) is 15.7. The normalized spacial score (nSPS) is 18.6. The van der Waals surface area contributed by atoms with Gasteiger partial charge in [0.25, 0.3) is 0 Å². The molecule has 1 saturated heterocycles. The Morgan fingerprint density at radius 1 is 1.08 bits per heavy atom. The molecule has 0 spiro atoms. The average Bonchev–Trinajstić information content (AvgIpc) is 2.67. The van der Waals surface area contributed by atoms with Gasteiger partial charge in [-0.1, -0.05) is 31.9 Å². The third-order valence-corrected chi connectivity index (χ3v) is 5.33. The number of benzene rings is 1. The third kappa shape index (κ3) is 3.92. The summed E-state index contributed by atoms with van der Waals surface area (Å²) in [7, 11) is 0. The fraction of sp³-hybridized carbons (Fsp3) is 0.435. The molecule has 3 nitrogen and oxygen atoms in total. The van der Waals surface area contributed by atoms with E-state index >= 15 is 0 Å². The fourth-order valence-corrected chi connectivity index (χ4v) is 3.78. The molecule has 1 aromatic heterocycles. The molecule has 0 N–H and O–H groups in total. The maximum Gasteiger partial charge on any atom is 0.113 e. The molecule has 0 unspecified atom stereocenters. The molecule has 4 rings (SSSR count). The molecule has 0 radical (unpaired) electrons. The number of nitrogens with zero attached hydrogens (tertiary/aromatic N) is 2. The Bertz CT molecular complexity index is 854. The first kappa shape index (κ1) is 17.1. The van der Waals surface area contributed by atoms with Crippen molar-refractivity contribution < 1.29 is 4.74 Å². The number of anilines is 1. The SMILES string of the molecule is CC1(C)CCc2nc(C#Cc3cccc(N4CCOCC4)c3)ccc2C1. The zero-order valence-electron chi connectivity index (χ0n) is 15.7. The molecule has 0 bridgehead atoms. The Morgan fingerprint density at radius 3 is 2.77 bits per heavy atom. The highest BCUT2D eigenvalue weighted by Crippen LogP contribution is 2.33. The van der Waals surface area contributed by atoms with Crippen LogP contribution in [0.1, 0.15) is 42.8 Å². The van der Waals surface area contributed by atoms with Crippen molar-refractivity contribution in [3.05, 3.63) is 58.9 Å². The summed E-state index contributed by atoms with van der Waals surface area (Å²) < 4.78 is 5.44. The van der Waals surface area contributed by atoms with E-state index in [9.17, 15) is 0 Å². The molecule has 1 aliphatic carbocycles. The molecule has 0 atom stereocenters. The van der Waals surface area contributed by atoms with E-state index in [2.05, 4.69) is 67.0 Å². The fourth-order valence-electron chi connectivity index (χ4n) is 3.78. The molecule has 26 heavy (non-hydrogen) atoms. The Labute approximate surface area is 156 Å². The minimum Gasteiger partial charge on any atom is -0.378 e. The smallest absolute Gasteiger partial charge is 0.113 e. The van der Waals surface area contributed by atoms with Gasteiger partial charge < -0.3 is 9.64 Å². The number of aryl methyl sites for hydroxylation is 1. The Morgan fingerprint density at radius 2 is 1.92 bits per heavy atom. The number of fused-ring (bicyclic) bond motifs is 1. The molecule has 1 aliphatic heterocycles. The molecule has 1 fully saturated rings. The molecule has 2 aromatic rings. The van der Waals surface area contributed by atoms with Crippen LogP contribution in [0.2, 0.25) is 0 Å². The summed E-state index contributed by atoms with van der Waals surface area (Å²) in [5.41, 5.74) is 6.15. The second-order valence-corrected chi connectivity index (χ2v) is 8.04. The van der Waals surface area contributed by atoms with E-state index in [1.807, 2.05) is 0 Å². The van der Waals surface area contributed by atoms with E-state index in [4.69, 9.17) is 9.72 Å². The van der Waals surface area contributed by atoms with Gasteiger partial charge >= 0.3 is 0 Å². The van der Waals surface area contributed by atoms with Crippen LogP contribution in [0.5, 0.6) is 0 Å². The van der Waals surface area contributed by atoms with Crippen molar-refractivity contribution in [1.82, 2.24) is 4.98 Å². The third-order valence-electron chi connectivity index (χ3n) is 5.33. The lowest BCUT2D eigenvalue weighted by Gasteiger charge is -2.30. The van der Waals surface area contributed by atoms with E-state index < -0.39 is 0 Å². The van der Waals surface area contributed by atoms with Gasteiger partial charge in [-0.05, 0) is 60.4 Å². The molecule has 2 aliphatic rings. The van der Waals surface area contributed by atoms with E-state index in [1.165, 1.54) is 23.4 Å². The van der Waals surface area contributed by atoms with Crippen LogP contribution in [0, 0.1) is 17.3 Å². The van der Waals surface area contributed by atoms with Crippen LogP contribution >= 0.6 is 0 Å². The first-order chi connectivity index (χ1) is 12.6. The molecular weight excluding hydrogens is 320 g/mol. The number of hydrogen-bond acceptors (Lipinski definition) is 3. The number of hydrogen-bond donors (Lipinski definition) is 0. The van der Waals surface area contributed by atoms with Crippen molar-refractivity contribution >= 4 is 5.69 Å². The second-order valence-electron chi connectivity index (χ2n) is 8.04. The van der Waals surface area contributed by atoms with Crippen molar-refractivity contribution in [2.75, 3.05) is 31.2 Å². The molecular formula is C23H26N2O. The summed E-state index contributed by atoms with van der Waals surface area (Å²) in [6.45, 7) is 8.16. The Kier molecular flexibility index (Phi) is 4.70. The predicted molar refractivity (Wildman–Crippen MR) is 105 cm³/mol. The maximum absolute atomic E-state index is 5.44. The van der Waals surface area contributed by atoms with E-state index in [0.717, 1.165) is 50.4 Å². The van der Waals surface area contributed by atoms with Gasteiger partial charge in [0.1, 0.15) is 5.69 Å². The van der Waals surface area contributed by atoms with Crippen molar-refractivity contribution in [2.24, 2.45) is 5.41 Å². The van der Waals surface area contributed by atoms with Crippen LogP contribution in [-0.2, 0) is 17.6 Å². The molecule has 0 amide bonds. The summed E-state index contributed by atoms with van der Waals surface area (Å²) in [6, 6.07) is 12.8. The Balaban J connectivity index is 1.53. The number of pyridine rings is 1. The van der Waals surface area contributed by atoms with Crippen LogP contribution in [0.4, 0.5) is 5.69 Å². The van der Waals surface area contributed by atoms with Crippen LogP contribution < -0.4 is 4.90 Å². The molecule has 1 aromatic carbocycles. The van der Waals surface area contributed by atoms with Crippen LogP contribution in [0.15, 0.2) is 36.4 Å². The summed E-state index contributed by atoms with van der Waals surface area (Å²) in [5, 5.41) is 0. The monoisotopic (exact) mass is 346 g/mol. The largest absolute Gasteiger partial charge is 0.378 e. The maximum atomic E-state index is 5.44. The molecule has 0 saturated carbocycles. The van der Waals surface area contributed by atoms with Crippen molar-refractivity contribution in [3.8, 4) is 11.8 Å². The predicted octanol–water partition coefficient (Wildman–Crippen LogP) is 3.83. The van der Waals surface area contributed by atoms with Crippen molar-refractivity contribution in [1.29, 1.82) is 0 Å². The van der Waals surface area contributed by atoms with Crippen molar-refractivity contribution in [3.63, 3.8) is 0 Å². The van der Waals surface area contributed by atoms with Crippen LogP contribution in [0.3, 0.4) is 0 Å². The van der Waals surface area contributed by atoms with Gasteiger partial charge in [-0.25, -0.2) is 4.98 Å². The van der Waals surface area contributed by atoms with Gasteiger partial charge in [0, 0.05) is 30.0 Å². The van der Waals surface area contributed by atoms with Gasteiger partial charge in [-0.2, -0.15) is 0 Å². The van der Waals surface area contributed by atoms with E-state index in [-0.39, 0.29) is 0 Å². The van der Waals surface area contributed by atoms with Gasteiger partial charge in [0.2, 0.25) is 0 Å². The highest BCUT2D eigenvalue weighted by atomic mass is 16.5. The molecule has 134 valence electrons. The second kappa shape index (κ2) is 7.13. The number of ether oxygens (including phenoxy) is 1. The van der Waals surface area contributed by atoms with E-state index in [0.29, 0.717) is 5.41 Å². The topological polar surface area (TPSA) is 25.4 Å². The summed E-state index contributed by atoms with van der Waals surface area (Å²) in [5.74, 6) is 6.55. The molecule has 2 heterocycles. The van der Waals surface area contributed by atoms with Crippen LogP contribution in [-0.4, -0.2) is 31.3 Å². The zero-order chi connectivity index (χ0) is 18.0. The van der Waals surface area contributed by atoms with Gasteiger partial charge in [-0.15, -0.1) is 0 Å². The summed E-state index contributed by atoms with van der Waals surface area (Å²) in [4.78, 5) is 7.16. The quantitative estimate of drug-likeness (QED) is 0.734. The summed E-state index contributed by atoms with van der Waals surface area (Å²) in [6.07, 6.45) is 3.38. The van der Waals surface area contributed by atoms with Gasteiger partial charge in [0.05, 0.1) is 13.2 Å². The minimum absolute atomic E-state index is 0.391. The first-order valence-electron chi connectivity index (χ1n) is 9.53. The minimum atomic E-state index is 0.391. The average molecular weight is 346 g/mol. The number of rotatable bonds is 1. The number of morpholine rings is 1. The lowest BCUT2D eigenvalue weighted by molar-refractivity contribution is 0.122. The number of aromatic nitrogens is 1. The van der Waals surface area contributed by atoms with Gasteiger partial charge in [0.15, 0.2) is 0 Å². The van der Waals surface area contributed by atoms with E-state index in [1.54, 1.807) is 0 Å². The first-order valence-corrected chi connectivity index (χ1v) is 9.53. The van der Waals surface area contributed by atoms with Gasteiger partial charge in [-0.3, -0.25) is 0 Å².